The molecular weight excluding hydrogens is 307 g/mol. The van der Waals surface area contributed by atoms with E-state index in [1.807, 2.05) is 0 Å². The number of hydrogen-bond donors (Lipinski definition) is 2. The Morgan fingerprint density at radius 3 is 2.45 bits per heavy atom. The number of hydrogen-bond acceptors (Lipinski definition) is 2. The predicted octanol–water partition coefficient (Wildman–Crippen LogP) is 2.78. The highest BCUT2D eigenvalue weighted by atomic mass is 35.5. The van der Waals surface area contributed by atoms with Crippen LogP contribution < -0.4 is 10.6 Å². The maximum Gasteiger partial charge on any atom is 0.243 e. The Balaban J connectivity index is 1.78. The molecule has 0 saturated carbocycles. The second kappa shape index (κ2) is 7.56. The molecule has 0 spiro atoms. The molecule has 2 N–H and O–H groups in total. The van der Waals surface area contributed by atoms with Crippen LogP contribution in [0.4, 0.5) is 10.1 Å². The summed E-state index contributed by atoms with van der Waals surface area (Å²) in [5.41, 5.74) is 1.14. The molecule has 0 aliphatic rings. The van der Waals surface area contributed by atoms with Crippen molar-refractivity contribution in [2.24, 2.45) is 0 Å². The molecule has 114 valence electrons. The summed E-state index contributed by atoms with van der Waals surface area (Å²) in [5, 5.41) is 5.68. The van der Waals surface area contributed by atoms with Crippen LogP contribution in [0.3, 0.4) is 0 Å². The van der Waals surface area contributed by atoms with E-state index in [-0.39, 0.29) is 24.8 Å². The number of benzene rings is 2. The zero-order valence-corrected chi connectivity index (χ0v) is 12.4. The summed E-state index contributed by atoms with van der Waals surface area (Å²) < 4.78 is 13.0. The third kappa shape index (κ3) is 5.18. The predicted molar refractivity (Wildman–Crippen MR) is 83.2 cm³/mol. The molecule has 0 saturated heterocycles. The fourth-order valence-corrected chi connectivity index (χ4v) is 1.94. The standard InChI is InChI=1S/C16H14ClFN2O2/c17-12-4-6-14(7-5-12)20-16(22)10-19-15(21)9-11-2-1-3-13(18)8-11/h1-8H,9-10H2,(H,19,21)(H,20,22). The highest BCUT2D eigenvalue weighted by Crippen LogP contribution is 2.13. The quantitative estimate of drug-likeness (QED) is 0.890. The first-order chi connectivity index (χ1) is 10.5. The highest BCUT2D eigenvalue weighted by molar-refractivity contribution is 6.30. The lowest BCUT2D eigenvalue weighted by atomic mass is 10.1. The Kier molecular flexibility index (Phi) is 5.49. The van der Waals surface area contributed by atoms with E-state index in [1.165, 1.54) is 18.2 Å². The van der Waals surface area contributed by atoms with Gasteiger partial charge in [0.2, 0.25) is 11.8 Å². The van der Waals surface area contributed by atoms with Crippen molar-refractivity contribution in [1.29, 1.82) is 0 Å². The third-order valence-electron chi connectivity index (χ3n) is 2.83. The van der Waals surface area contributed by atoms with Crippen LogP contribution in [0, 0.1) is 5.82 Å². The van der Waals surface area contributed by atoms with E-state index in [0.717, 1.165) is 0 Å². The largest absolute Gasteiger partial charge is 0.347 e. The van der Waals surface area contributed by atoms with Crippen LogP contribution in [-0.2, 0) is 16.0 Å². The van der Waals surface area contributed by atoms with Gasteiger partial charge in [-0.3, -0.25) is 9.59 Å². The maximum atomic E-state index is 13.0. The number of halogens is 2. The minimum absolute atomic E-state index is 0.0198. The van der Waals surface area contributed by atoms with Crippen LogP contribution >= 0.6 is 11.6 Å². The molecule has 2 rings (SSSR count). The first-order valence-electron chi connectivity index (χ1n) is 6.59. The van der Waals surface area contributed by atoms with Gasteiger partial charge in [0, 0.05) is 10.7 Å². The molecule has 4 nitrogen and oxygen atoms in total. The molecule has 0 bridgehead atoms. The summed E-state index contributed by atoms with van der Waals surface area (Å²) in [6.07, 6.45) is 0.0198. The van der Waals surface area contributed by atoms with Crippen LogP contribution in [-0.4, -0.2) is 18.4 Å². The van der Waals surface area contributed by atoms with E-state index in [0.29, 0.717) is 16.3 Å². The Bertz CT molecular complexity index is 674. The molecule has 0 aliphatic carbocycles. The normalized spacial score (nSPS) is 10.1. The number of carbonyl (C=O) groups is 2. The van der Waals surface area contributed by atoms with Crippen molar-refractivity contribution in [3.8, 4) is 0 Å². The molecule has 0 radical (unpaired) electrons. The molecule has 2 amide bonds. The van der Waals surface area contributed by atoms with Gasteiger partial charge in [0.15, 0.2) is 0 Å². The van der Waals surface area contributed by atoms with Crippen molar-refractivity contribution in [3.05, 3.63) is 64.9 Å². The van der Waals surface area contributed by atoms with Crippen molar-refractivity contribution in [2.75, 3.05) is 11.9 Å². The number of anilines is 1. The number of nitrogens with one attached hydrogen (secondary N) is 2. The van der Waals surface area contributed by atoms with Crippen LogP contribution in [0.1, 0.15) is 5.56 Å². The van der Waals surface area contributed by atoms with Gasteiger partial charge in [-0.25, -0.2) is 4.39 Å². The van der Waals surface area contributed by atoms with Crippen LogP contribution in [0.2, 0.25) is 5.02 Å². The molecular formula is C16H14ClFN2O2. The minimum Gasteiger partial charge on any atom is -0.347 e. The molecule has 2 aromatic rings. The Labute approximate surface area is 132 Å². The average Bonchev–Trinajstić information content (AvgIpc) is 2.48. The molecule has 0 fully saturated rings. The molecule has 0 aliphatic heterocycles. The number of rotatable bonds is 5. The van der Waals surface area contributed by atoms with Gasteiger partial charge in [0.1, 0.15) is 5.82 Å². The Morgan fingerprint density at radius 1 is 1.05 bits per heavy atom. The van der Waals surface area contributed by atoms with Gasteiger partial charge >= 0.3 is 0 Å². The highest BCUT2D eigenvalue weighted by Gasteiger charge is 2.07. The molecule has 0 aromatic heterocycles. The van der Waals surface area contributed by atoms with Gasteiger partial charge < -0.3 is 10.6 Å². The van der Waals surface area contributed by atoms with Gasteiger partial charge in [0.05, 0.1) is 13.0 Å². The van der Waals surface area contributed by atoms with E-state index in [2.05, 4.69) is 10.6 Å². The number of carbonyl (C=O) groups excluding carboxylic acids is 2. The molecule has 2 aromatic carbocycles. The van der Waals surface area contributed by atoms with Crippen molar-refractivity contribution >= 4 is 29.1 Å². The lowest BCUT2D eigenvalue weighted by molar-refractivity contribution is -0.123. The van der Waals surface area contributed by atoms with Crippen LogP contribution in [0.15, 0.2) is 48.5 Å². The van der Waals surface area contributed by atoms with E-state index < -0.39 is 5.82 Å². The smallest absolute Gasteiger partial charge is 0.243 e. The van der Waals surface area contributed by atoms with Crippen LogP contribution in [0.5, 0.6) is 0 Å². The summed E-state index contributed by atoms with van der Waals surface area (Å²) in [7, 11) is 0. The Morgan fingerprint density at radius 2 is 1.77 bits per heavy atom. The van der Waals surface area contributed by atoms with E-state index >= 15 is 0 Å². The first-order valence-corrected chi connectivity index (χ1v) is 6.97. The molecule has 0 atom stereocenters. The second-order valence-electron chi connectivity index (χ2n) is 4.64. The van der Waals surface area contributed by atoms with E-state index in [1.54, 1.807) is 30.3 Å². The zero-order valence-electron chi connectivity index (χ0n) is 11.6. The topological polar surface area (TPSA) is 58.2 Å². The lowest BCUT2D eigenvalue weighted by Gasteiger charge is -2.07. The minimum atomic E-state index is -0.397. The molecule has 6 heteroatoms. The summed E-state index contributed by atoms with van der Waals surface area (Å²) in [6, 6.07) is 12.4. The summed E-state index contributed by atoms with van der Waals surface area (Å²) in [4.78, 5) is 23.4. The van der Waals surface area contributed by atoms with Crippen molar-refractivity contribution in [1.82, 2.24) is 5.32 Å². The van der Waals surface area contributed by atoms with Crippen molar-refractivity contribution in [2.45, 2.75) is 6.42 Å². The summed E-state index contributed by atoms with van der Waals surface area (Å²) in [6.45, 7) is -0.156. The Hall–Kier alpha value is -2.40. The maximum absolute atomic E-state index is 13.0. The van der Waals surface area contributed by atoms with Gasteiger partial charge in [-0.1, -0.05) is 23.7 Å². The number of amides is 2. The van der Waals surface area contributed by atoms with Crippen molar-refractivity contribution in [3.63, 3.8) is 0 Å². The van der Waals surface area contributed by atoms with Crippen LogP contribution in [0.25, 0.3) is 0 Å². The summed E-state index contributed by atoms with van der Waals surface area (Å²) in [5.74, 6) is -1.10. The third-order valence-corrected chi connectivity index (χ3v) is 3.08. The van der Waals surface area contributed by atoms with Gasteiger partial charge in [-0.15, -0.1) is 0 Å². The van der Waals surface area contributed by atoms with Gasteiger partial charge in [0.25, 0.3) is 0 Å². The van der Waals surface area contributed by atoms with Gasteiger partial charge in [-0.05, 0) is 42.0 Å². The fourth-order valence-electron chi connectivity index (χ4n) is 1.81. The molecule has 0 unspecified atom stereocenters. The van der Waals surface area contributed by atoms with Crippen molar-refractivity contribution < 1.29 is 14.0 Å². The van der Waals surface area contributed by atoms with E-state index in [9.17, 15) is 14.0 Å². The van der Waals surface area contributed by atoms with Gasteiger partial charge in [-0.2, -0.15) is 0 Å². The molecule has 0 heterocycles. The zero-order chi connectivity index (χ0) is 15.9. The SMILES string of the molecule is O=C(Cc1cccc(F)c1)NCC(=O)Nc1ccc(Cl)cc1. The fraction of sp³-hybridized carbons (Fsp3) is 0.125. The monoisotopic (exact) mass is 320 g/mol. The lowest BCUT2D eigenvalue weighted by Crippen LogP contribution is -2.33. The summed E-state index contributed by atoms with van der Waals surface area (Å²) >= 11 is 5.74. The van der Waals surface area contributed by atoms with E-state index in [4.69, 9.17) is 11.6 Å². The first kappa shape index (κ1) is 16.0. The second-order valence-corrected chi connectivity index (χ2v) is 5.07. The molecule has 22 heavy (non-hydrogen) atoms. The average molecular weight is 321 g/mol.